The zero-order valence-electron chi connectivity index (χ0n) is 14.7. The fourth-order valence-electron chi connectivity index (χ4n) is 2.74. The fraction of sp³-hybridized carbons (Fsp3) is 0.588. The summed E-state index contributed by atoms with van der Waals surface area (Å²) in [6, 6.07) is 3.59. The lowest BCUT2D eigenvalue weighted by Crippen LogP contribution is -2.53. The van der Waals surface area contributed by atoms with Gasteiger partial charge in [0.05, 0.1) is 5.69 Å². The molecule has 1 aliphatic heterocycles. The number of hydrogen-bond acceptors (Lipinski definition) is 3. The Morgan fingerprint density at radius 2 is 1.96 bits per heavy atom. The number of anilines is 1. The van der Waals surface area contributed by atoms with Crippen molar-refractivity contribution in [3.63, 3.8) is 0 Å². The number of rotatable bonds is 5. The number of aliphatic imine (C=N–C) groups is 1. The van der Waals surface area contributed by atoms with Crippen molar-refractivity contribution in [2.45, 2.75) is 6.92 Å². The molecule has 0 aromatic heterocycles. The molecular formula is C17H27F2N5. The van der Waals surface area contributed by atoms with Gasteiger partial charge in [0.15, 0.2) is 5.96 Å². The van der Waals surface area contributed by atoms with E-state index in [1.54, 1.807) is 7.05 Å². The van der Waals surface area contributed by atoms with E-state index in [0.717, 1.165) is 44.7 Å². The Labute approximate surface area is 142 Å². The van der Waals surface area contributed by atoms with Crippen molar-refractivity contribution in [3.8, 4) is 0 Å². The van der Waals surface area contributed by atoms with Gasteiger partial charge in [-0.15, -0.1) is 0 Å². The third-order valence-electron chi connectivity index (χ3n) is 4.36. The van der Waals surface area contributed by atoms with Crippen LogP contribution in [-0.2, 0) is 0 Å². The Bertz CT molecular complexity index is 556. The van der Waals surface area contributed by atoms with Gasteiger partial charge in [0.25, 0.3) is 0 Å². The van der Waals surface area contributed by atoms with Gasteiger partial charge in [-0.1, -0.05) is 6.92 Å². The number of nitrogens with zero attached hydrogens (tertiary/aromatic N) is 4. The molecule has 0 saturated carbocycles. The van der Waals surface area contributed by atoms with Crippen LogP contribution in [0.3, 0.4) is 0 Å². The number of halogens is 2. The largest absolute Gasteiger partial charge is 0.366 e. The van der Waals surface area contributed by atoms with E-state index < -0.39 is 5.82 Å². The molecule has 1 aromatic carbocycles. The van der Waals surface area contributed by atoms with Gasteiger partial charge >= 0.3 is 0 Å². The first kappa shape index (κ1) is 18.4. The first-order chi connectivity index (χ1) is 11.5. The summed E-state index contributed by atoms with van der Waals surface area (Å²) in [4.78, 5) is 10.6. The maximum absolute atomic E-state index is 13.9. The molecule has 134 valence electrons. The number of nitrogens with one attached hydrogen (secondary N) is 1. The molecular weight excluding hydrogens is 312 g/mol. The van der Waals surface area contributed by atoms with Gasteiger partial charge in [-0.05, 0) is 25.7 Å². The van der Waals surface area contributed by atoms with Gasteiger partial charge in [0, 0.05) is 52.4 Å². The second kappa shape index (κ2) is 8.82. The predicted molar refractivity (Wildman–Crippen MR) is 94.7 cm³/mol. The molecule has 2 rings (SSSR count). The molecule has 1 aromatic rings. The van der Waals surface area contributed by atoms with Crippen molar-refractivity contribution in [1.82, 2.24) is 15.1 Å². The van der Waals surface area contributed by atoms with Gasteiger partial charge in [-0.25, -0.2) is 8.78 Å². The van der Waals surface area contributed by atoms with Crippen LogP contribution in [0, 0.1) is 11.6 Å². The molecule has 1 heterocycles. The molecule has 1 aliphatic rings. The molecule has 0 spiro atoms. The lowest BCUT2D eigenvalue weighted by Gasteiger charge is -2.37. The molecule has 0 bridgehead atoms. The van der Waals surface area contributed by atoms with Crippen molar-refractivity contribution in [2.75, 3.05) is 64.8 Å². The Kier molecular flexibility index (Phi) is 6.78. The van der Waals surface area contributed by atoms with E-state index in [-0.39, 0.29) is 5.82 Å². The maximum atomic E-state index is 13.9. The van der Waals surface area contributed by atoms with Gasteiger partial charge in [-0.2, -0.15) is 0 Å². The first-order valence-electron chi connectivity index (χ1n) is 8.39. The minimum atomic E-state index is -0.411. The van der Waals surface area contributed by atoms with Crippen molar-refractivity contribution in [3.05, 3.63) is 29.8 Å². The van der Waals surface area contributed by atoms with Crippen LogP contribution in [0.4, 0.5) is 14.5 Å². The SMILES string of the molecule is CCN(C)CCNC(=NC)N1CCN(c2cc(F)ccc2F)CC1. The van der Waals surface area contributed by atoms with E-state index in [9.17, 15) is 8.78 Å². The van der Waals surface area contributed by atoms with Crippen molar-refractivity contribution >= 4 is 11.6 Å². The second-order valence-electron chi connectivity index (χ2n) is 5.94. The molecule has 0 unspecified atom stereocenters. The third-order valence-corrected chi connectivity index (χ3v) is 4.36. The predicted octanol–water partition coefficient (Wildman–Crippen LogP) is 1.61. The minimum Gasteiger partial charge on any atom is -0.366 e. The molecule has 0 amide bonds. The summed E-state index contributed by atoms with van der Waals surface area (Å²) in [6.45, 7) is 7.63. The summed E-state index contributed by atoms with van der Waals surface area (Å²) in [5.74, 6) is 0.0696. The average Bonchev–Trinajstić information content (AvgIpc) is 2.61. The summed E-state index contributed by atoms with van der Waals surface area (Å²) in [7, 11) is 3.85. The standard InChI is InChI=1S/C17H27F2N5/c1-4-22(3)8-7-21-17(20-2)24-11-9-23(10-12-24)16-13-14(18)5-6-15(16)19/h5-6,13H,4,7-12H2,1-3H3,(H,20,21). The highest BCUT2D eigenvalue weighted by Crippen LogP contribution is 2.21. The first-order valence-corrected chi connectivity index (χ1v) is 8.39. The van der Waals surface area contributed by atoms with E-state index in [0.29, 0.717) is 18.8 Å². The van der Waals surface area contributed by atoms with Crippen LogP contribution in [0.5, 0.6) is 0 Å². The van der Waals surface area contributed by atoms with Crippen LogP contribution in [0.25, 0.3) is 0 Å². The van der Waals surface area contributed by atoms with Crippen molar-refractivity contribution in [2.24, 2.45) is 4.99 Å². The smallest absolute Gasteiger partial charge is 0.193 e. The fourth-order valence-corrected chi connectivity index (χ4v) is 2.74. The monoisotopic (exact) mass is 339 g/mol. The second-order valence-corrected chi connectivity index (χ2v) is 5.94. The number of benzene rings is 1. The lowest BCUT2D eigenvalue weighted by atomic mass is 10.2. The van der Waals surface area contributed by atoms with Gasteiger partial charge < -0.3 is 20.0 Å². The Morgan fingerprint density at radius 1 is 1.25 bits per heavy atom. The molecule has 1 saturated heterocycles. The van der Waals surface area contributed by atoms with Crippen LogP contribution in [-0.4, -0.2) is 75.7 Å². The molecule has 0 radical (unpaired) electrons. The zero-order chi connectivity index (χ0) is 17.5. The van der Waals surface area contributed by atoms with E-state index in [4.69, 9.17) is 0 Å². The van der Waals surface area contributed by atoms with Gasteiger partial charge in [0.2, 0.25) is 0 Å². The average molecular weight is 339 g/mol. The number of guanidine groups is 1. The molecule has 24 heavy (non-hydrogen) atoms. The van der Waals surface area contributed by atoms with Crippen molar-refractivity contribution < 1.29 is 8.78 Å². The Hall–Kier alpha value is -1.89. The van der Waals surface area contributed by atoms with Crippen LogP contribution < -0.4 is 10.2 Å². The molecule has 1 N–H and O–H groups in total. The summed E-state index contributed by atoms with van der Waals surface area (Å²) >= 11 is 0. The molecule has 0 aliphatic carbocycles. The summed E-state index contributed by atoms with van der Waals surface area (Å²) in [6.07, 6.45) is 0. The van der Waals surface area contributed by atoms with Crippen LogP contribution in [0.2, 0.25) is 0 Å². The third kappa shape index (κ3) is 4.80. The quantitative estimate of drug-likeness (QED) is 0.653. The van der Waals surface area contributed by atoms with E-state index in [2.05, 4.69) is 34.1 Å². The van der Waals surface area contributed by atoms with E-state index in [1.165, 1.54) is 12.1 Å². The number of piperazine rings is 1. The molecule has 5 nitrogen and oxygen atoms in total. The van der Waals surface area contributed by atoms with Crippen LogP contribution in [0.1, 0.15) is 6.92 Å². The highest BCUT2D eigenvalue weighted by Gasteiger charge is 2.21. The topological polar surface area (TPSA) is 34.1 Å². The summed E-state index contributed by atoms with van der Waals surface area (Å²) in [5.41, 5.74) is 0.335. The van der Waals surface area contributed by atoms with Gasteiger partial charge in [-0.3, -0.25) is 4.99 Å². The molecule has 0 atom stereocenters. The normalized spacial score (nSPS) is 16.0. The number of likely N-dealkylation sites (N-methyl/N-ethyl adjacent to an activating group) is 1. The molecule has 7 heteroatoms. The minimum absolute atomic E-state index is 0.335. The lowest BCUT2D eigenvalue weighted by molar-refractivity contribution is 0.343. The van der Waals surface area contributed by atoms with Gasteiger partial charge in [0.1, 0.15) is 11.6 Å². The van der Waals surface area contributed by atoms with Crippen LogP contribution >= 0.6 is 0 Å². The highest BCUT2D eigenvalue weighted by atomic mass is 19.1. The van der Waals surface area contributed by atoms with E-state index in [1.807, 2.05) is 4.90 Å². The molecule has 1 fully saturated rings. The summed E-state index contributed by atoms with van der Waals surface area (Å²) in [5, 5.41) is 3.36. The zero-order valence-corrected chi connectivity index (χ0v) is 14.7. The van der Waals surface area contributed by atoms with Crippen molar-refractivity contribution in [1.29, 1.82) is 0 Å². The Balaban J connectivity index is 1.88. The maximum Gasteiger partial charge on any atom is 0.193 e. The highest BCUT2D eigenvalue weighted by molar-refractivity contribution is 5.80. The Morgan fingerprint density at radius 3 is 2.58 bits per heavy atom. The summed E-state index contributed by atoms with van der Waals surface area (Å²) < 4.78 is 27.2. The van der Waals surface area contributed by atoms with E-state index >= 15 is 0 Å². The number of hydrogen-bond donors (Lipinski definition) is 1. The van der Waals surface area contributed by atoms with Crippen LogP contribution in [0.15, 0.2) is 23.2 Å².